The smallest absolute Gasteiger partial charge is 0.323 e. The lowest BCUT2D eigenvalue weighted by atomic mass is 10.0. The summed E-state index contributed by atoms with van der Waals surface area (Å²) in [4.78, 5) is 38.6. The molecular formula is C30H40N6O3. The van der Waals surface area contributed by atoms with Gasteiger partial charge in [0, 0.05) is 18.8 Å². The van der Waals surface area contributed by atoms with Crippen LogP contribution < -0.4 is 20.9 Å². The Morgan fingerprint density at radius 3 is 2.54 bits per heavy atom. The van der Waals surface area contributed by atoms with Gasteiger partial charge in [0.1, 0.15) is 23.9 Å². The Kier molecular flexibility index (Phi) is 8.45. The van der Waals surface area contributed by atoms with E-state index in [0.717, 1.165) is 67.7 Å². The number of aromatic nitrogens is 2. The Balaban J connectivity index is 1.23. The minimum atomic E-state index is -0.644. The van der Waals surface area contributed by atoms with Crippen molar-refractivity contribution < 1.29 is 14.3 Å². The second-order valence-corrected chi connectivity index (χ2v) is 10.9. The number of hydrogen-bond acceptors (Lipinski definition) is 8. The average Bonchev–Trinajstić information content (AvgIpc) is 3.66. The molecule has 5 rings (SSSR count). The number of nitrogens with one attached hydrogen (secondary N) is 1. The molecule has 2 aliphatic carbocycles. The van der Waals surface area contributed by atoms with E-state index in [-0.39, 0.29) is 24.0 Å². The SMILES string of the molecule is CC[C@@H]1C(=O)N(C)c2cnc(Nc3ccc(/C=C/C[C@H](N)C(=O)OC4CCCC4)cc3)nc2N1C1CCCC1. The van der Waals surface area contributed by atoms with E-state index in [2.05, 4.69) is 22.1 Å². The van der Waals surface area contributed by atoms with Crippen LogP contribution in [0.4, 0.5) is 23.1 Å². The van der Waals surface area contributed by atoms with Gasteiger partial charge in [-0.05, 0) is 69.1 Å². The van der Waals surface area contributed by atoms with Crippen LogP contribution >= 0.6 is 0 Å². The number of hydrogen-bond donors (Lipinski definition) is 2. The van der Waals surface area contributed by atoms with Crippen LogP contribution in [0.3, 0.4) is 0 Å². The Labute approximate surface area is 230 Å². The third kappa shape index (κ3) is 6.08. The van der Waals surface area contributed by atoms with Gasteiger partial charge in [-0.1, -0.05) is 44.1 Å². The molecule has 2 aromatic rings. The normalized spacial score (nSPS) is 21.0. The van der Waals surface area contributed by atoms with Crippen LogP contribution in [0.1, 0.15) is 76.7 Å². The van der Waals surface area contributed by atoms with Gasteiger partial charge in [0.05, 0.1) is 6.20 Å². The number of esters is 1. The molecule has 0 radical (unpaired) electrons. The number of anilines is 4. The minimum absolute atomic E-state index is 0.0360. The zero-order valence-corrected chi connectivity index (χ0v) is 23.0. The first-order chi connectivity index (χ1) is 18.9. The second-order valence-electron chi connectivity index (χ2n) is 10.9. The zero-order chi connectivity index (χ0) is 27.4. The Morgan fingerprint density at radius 1 is 1.15 bits per heavy atom. The highest BCUT2D eigenvalue weighted by Crippen LogP contribution is 2.40. The summed E-state index contributed by atoms with van der Waals surface area (Å²) >= 11 is 0. The van der Waals surface area contributed by atoms with E-state index in [1.165, 1.54) is 12.8 Å². The highest BCUT2D eigenvalue weighted by atomic mass is 16.5. The molecule has 2 saturated carbocycles. The summed E-state index contributed by atoms with van der Waals surface area (Å²) in [6.07, 6.45) is 15.5. The van der Waals surface area contributed by atoms with E-state index in [9.17, 15) is 9.59 Å². The highest BCUT2D eigenvalue weighted by Gasteiger charge is 2.41. The monoisotopic (exact) mass is 532 g/mol. The Bertz CT molecular complexity index is 1190. The molecule has 9 nitrogen and oxygen atoms in total. The second kappa shape index (κ2) is 12.2. The molecule has 2 fully saturated rings. The van der Waals surface area contributed by atoms with E-state index < -0.39 is 6.04 Å². The quantitative estimate of drug-likeness (QED) is 0.437. The molecule has 0 bridgehead atoms. The van der Waals surface area contributed by atoms with Gasteiger partial charge < -0.3 is 25.6 Å². The maximum atomic E-state index is 13.1. The van der Waals surface area contributed by atoms with E-state index in [4.69, 9.17) is 15.5 Å². The van der Waals surface area contributed by atoms with Gasteiger partial charge in [-0.2, -0.15) is 4.98 Å². The van der Waals surface area contributed by atoms with Crippen LogP contribution in [0.25, 0.3) is 6.08 Å². The van der Waals surface area contributed by atoms with Crippen molar-refractivity contribution in [1.29, 1.82) is 0 Å². The van der Waals surface area contributed by atoms with Crippen molar-refractivity contribution in [2.24, 2.45) is 5.73 Å². The summed E-state index contributed by atoms with van der Waals surface area (Å²) in [6, 6.07) is 7.41. The number of likely N-dealkylation sites (N-methyl/N-ethyl adjacent to an activating group) is 1. The first-order valence-corrected chi connectivity index (χ1v) is 14.4. The van der Waals surface area contributed by atoms with E-state index in [0.29, 0.717) is 18.4 Å². The van der Waals surface area contributed by atoms with Gasteiger partial charge in [0.25, 0.3) is 0 Å². The zero-order valence-electron chi connectivity index (χ0n) is 23.0. The Hall–Kier alpha value is -3.46. The number of carbonyl (C=O) groups excluding carboxylic acids is 2. The van der Waals surface area contributed by atoms with Gasteiger partial charge in [-0.3, -0.25) is 9.59 Å². The van der Waals surface area contributed by atoms with Crippen molar-refractivity contribution in [1.82, 2.24) is 9.97 Å². The first-order valence-electron chi connectivity index (χ1n) is 14.4. The van der Waals surface area contributed by atoms with E-state index in [1.807, 2.05) is 43.5 Å². The van der Waals surface area contributed by atoms with Gasteiger partial charge in [0.15, 0.2) is 5.82 Å². The maximum Gasteiger partial charge on any atom is 0.323 e. The highest BCUT2D eigenvalue weighted by molar-refractivity contribution is 6.04. The van der Waals surface area contributed by atoms with Crippen molar-refractivity contribution in [2.75, 3.05) is 22.2 Å². The van der Waals surface area contributed by atoms with Gasteiger partial charge in [-0.25, -0.2) is 4.98 Å². The lowest BCUT2D eigenvalue weighted by Crippen LogP contribution is -2.55. The molecule has 1 aliphatic heterocycles. The van der Waals surface area contributed by atoms with E-state index >= 15 is 0 Å². The number of rotatable bonds is 9. The molecule has 2 heterocycles. The molecule has 0 saturated heterocycles. The molecule has 208 valence electrons. The van der Waals surface area contributed by atoms with Crippen molar-refractivity contribution in [2.45, 2.75) is 95.4 Å². The number of ether oxygens (including phenoxy) is 1. The molecule has 0 spiro atoms. The fraction of sp³-hybridized carbons (Fsp3) is 0.533. The number of fused-ring (bicyclic) bond motifs is 1. The number of benzene rings is 1. The van der Waals surface area contributed by atoms with Gasteiger partial charge in [0.2, 0.25) is 11.9 Å². The molecular weight excluding hydrogens is 492 g/mol. The molecule has 39 heavy (non-hydrogen) atoms. The molecule has 0 unspecified atom stereocenters. The number of nitrogens with zero attached hydrogens (tertiary/aromatic N) is 4. The van der Waals surface area contributed by atoms with Gasteiger partial charge in [-0.15, -0.1) is 0 Å². The lowest BCUT2D eigenvalue weighted by molar-refractivity contribution is -0.150. The van der Waals surface area contributed by atoms with Crippen LogP contribution in [-0.4, -0.2) is 53.1 Å². The third-order valence-corrected chi connectivity index (χ3v) is 8.17. The van der Waals surface area contributed by atoms with Crippen LogP contribution in [-0.2, 0) is 14.3 Å². The summed E-state index contributed by atoms with van der Waals surface area (Å²) in [6.45, 7) is 2.06. The fourth-order valence-electron chi connectivity index (χ4n) is 5.95. The Morgan fingerprint density at radius 2 is 1.85 bits per heavy atom. The lowest BCUT2D eigenvalue weighted by Gasteiger charge is -2.43. The summed E-state index contributed by atoms with van der Waals surface area (Å²) in [7, 11) is 1.81. The van der Waals surface area contributed by atoms with Crippen molar-refractivity contribution in [3.63, 3.8) is 0 Å². The summed E-state index contributed by atoms with van der Waals surface area (Å²) in [5.41, 5.74) is 8.65. The minimum Gasteiger partial charge on any atom is -0.461 e. The van der Waals surface area contributed by atoms with Crippen molar-refractivity contribution >= 4 is 41.1 Å². The molecule has 2 atom stereocenters. The van der Waals surface area contributed by atoms with E-state index in [1.54, 1.807) is 11.1 Å². The average molecular weight is 533 g/mol. The van der Waals surface area contributed by atoms with Gasteiger partial charge >= 0.3 is 5.97 Å². The standard InChI is InChI=1S/C30H40N6O3/c1-3-25-28(37)35(2)26-19-32-30(34-27(26)36(25)22-10-4-5-11-22)33-21-17-15-20(16-18-21)9-8-14-24(31)29(38)39-23-12-6-7-13-23/h8-9,15-19,22-25H,3-7,10-14,31H2,1-2H3,(H,32,33,34)/b9-8+/t24-,25+/m0/s1. The number of carbonyl (C=O) groups is 2. The predicted molar refractivity (Wildman–Crippen MR) is 154 cm³/mol. The molecule has 3 N–H and O–H groups in total. The number of nitrogens with two attached hydrogens (primary N) is 1. The third-order valence-electron chi connectivity index (χ3n) is 8.17. The topological polar surface area (TPSA) is 114 Å². The number of amides is 1. The molecule has 1 aromatic heterocycles. The van der Waals surface area contributed by atoms with Crippen LogP contribution in [0.2, 0.25) is 0 Å². The van der Waals surface area contributed by atoms with Crippen molar-refractivity contribution in [3.8, 4) is 0 Å². The summed E-state index contributed by atoms with van der Waals surface area (Å²) < 4.78 is 5.50. The first kappa shape index (κ1) is 27.1. The molecule has 9 heteroatoms. The largest absolute Gasteiger partial charge is 0.461 e. The fourth-order valence-corrected chi connectivity index (χ4v) is 5.95. The van der Waals surface area contributed by atoms with Crippen molar-refractivity contribution in [3.05, 3.63) is 42.1 Å². The maximum absolute atomic E-state index is 13.1. The molecule has 3 aliphatic rings. The summed E-state index contributed by atoms with van der Waals surface area (Å²) in [5.74, 6) is 1.13. The molecule has 1 aromatic carbocycles. The van der Waals surface area contributed by atoms with Crippen LogP contribution in [0, 0.1) is 0 Å². The summed E-state index contributed by atoms with van der Waals surface area (Å²) in [5, 5.41) is 3.32. The van der Waals surface area contributed by atoms with Crippen LogP contribution in [0.15, 0.2) is 36.5 Å². The molecule has 1 amide bonds. The predicted octanol–water partition coefficient (Wildman–Crippen LogP) is 4.94. The van der Waals surface area contributed by atoms with Crippen LogP contribution in [0.5, 0.6) is 0 Å².